The summed E-state index contributed by atoms with van der Waals surface area (Å²) in [5, 5.41) is 50.2. The lowest BCUT2D eigenvalue weighted by molar-refractivity contribution is -0.220. The number of phosphoric acid groups is 1. The van der Waals surface area contributed by atoms with Crippen LogP contribution in [0.4, 0.5) is 0 Å². The van der Waals surface area contributed by atoms with Crippen molar-refractivity contribution in [1.29, 1.82) is 0 Å². The van der Waals surface area contributed by atoms with E-state index in [1.807, 2.05) is 12.2 Å². The first-order chi connectivity index (χ1) is 30.9. The molecule has 64 heavy (non-hydrogen) atoms. The Morgan fingerprint density at radius 1 is 0.547 bits per heavy atom. The van der Waals surface area contributed by atoms with Gasteiger partial charge < -0.3 is 44.6 Å². The Kier molecular flexibility index (Phi) is 32.5. The molecule has 15 heteroatoms. The summed E-state index contributed by atoms with van der Waals surface area (Å²) < 4.78 is 39.3. The fraction of sp³-hybridized carbons (Fsp3) is 0.796. The number of carbonyl (C=O) groups excluding carboxylic acids is 2. The first kappa shape index (κ1) is 57.9. The normalized spacial score (nSPS) is 25.1. The molecule has 14 nitrogen and oxygen atoms in total. The van der Waals surface area contributed by atoms with Crippen LogP contribution in [0.2, 0.25) is 0 Å². The van der Waals surface area contributed by atoms with Crippen molar-refractivity contribution in [2.24, 2.45) is 0 Å². The summed E-state index contributed by atoms with van der Waals surface area (Å²) in [5.74, 6) is -1.18. The Morgan fingerprint density at radius 2 is 0.984 bits per heavy atom. The maximum absolute atomic E-state index is 12.8. The molecule has 1 heterocycles. The molecule has 0 aromatic rings. The number of aliphatic hydroxyl groups is 5. The van der Waals surface area contributed by atoms with Gasteiger partial charge in [-0.3, -0.25) is 18.6 Å². The molecule has 1 aliphatic heterocycles. The average Bonchev–Trinajstić information content (AvgIpc) is 4.04. The first-order valence-corrected chi connectivity index (χ1v) is 26.1. The number of carbonyl (C=O) groups is 2. The molecule has 1 saturated heterocycles. The number of esters is 2. The second-order valence-corrected chi connectivity index (χ2v) is 18.8. The predicted molar refractivity (Wildman–Crippen MR) is 248 cm³/mol. The number of unbranched alkanes of at least 4 members (excludes halogenated alkanes) is 17. The molecular formula is C49H85O14P. The van der Waals surface area contributed by atoms with E-state index in [9.17, 15) is 44.6 Å². The summed E-state index contributed by atoms with van der Waals surface area (Å²) in [4.78, 5) is 35.8. The molecule has 2 aliphatic rings. The van der Waals surface area contributed by atoms with E-state index in [1.165, 1.54) is 77.0 Å². The van der Waals surface area contributed by atoms with Crippen LogP contribution in [0.15, 0.2) is 48.6 Å². The third-order valence-electron chi connectivity index (χ3n) is 11.5. The summed E-state index contributed by atoms with van der Waals surface area (Å²) in [6.45, 7) is 3.21. The van der Waals surface area contributed by atoms with Gasteiger partial charge in [0.1, 0.15) is 43.2 Å². The fourth-order valence-corrected chi connectivity index (χ4v) is 8.41. The minimum atomic E-state index is -5.14. The van der Waals surface area contributed by atoms with Crippen LogP contribution in [0.5, 0.6) is 0 Å². The number of rotatable bonds is 39. The smallest absolute Gasteiger partial charge is 0.462 e. The molecule has 5 unspecified atom stereocenters. The second kappa shape index (κ2) is 35.9. The van der Waals surface area contributed by atoms with Gasteiger partial charge in [0.15, 0.2) is 6.10 Å². The van der Waals surface area contributed by atoms with Gasteiger partial charge in [0, 0.05) is 12.8 Å². The molecule has 10 atom stereocenters. The number of allylic oxidation sites excluding steroid dienone is 6. The lowest BCUT2D eigenvalue weighted by Crippen LogP contribution is -2.64. The van der Waals surface area contributed by atoms with E-state index in [-0.39, 0.29) is 25.0 Å². The molecule has 370 valence electrons. The van der Waals surface area contributed by atoms with Crippen molar-refractivity contribution in [3.63, 3.8) is 0 Å². The summed E-state index contributed by atoms with van der Waals surface area (Å²) in [7, 11) is -5.14. The van der Waals surface area contributed by atoms with Crippen LogP contribution in [-0.4, -0.2) is 111 Å². The summed E-state index contributed by atoms with van der Waals surface area (Å²) >= 11 is 0. The minimum Gasteiger partial charge on any atom is -0.462 e. The predicted octanol–water partition coefficient (Wildman–Crippen LogP) is 8.94. The molecule has 0 amide bonds. The van der Waals surface area contributed by atoms with Gasteiger partial charge in [-0.2, -0.15) is 0 Å². The zero-order chi connectivity index (χ0) is 46.8. The SMILES string of the molecule is CCCCC/C=C\C/C=C\CC1OC1C/C=C\CCCC(=O)O[C@H](COC(=O)CCCCCCCCC/C=C\CCCCCCCC)COP(=O)(O)OC1[C@H](O)[C@H](O)C(O)[C@H](O)[C@H]1O. The molecule has 2 fully saturated rings. The highest BCUT2D eigenvalue weighted by Gasteiger charge is 2.51. The Hall–Kier alpha value is -2.23. The number of hydrogen-bond acceptors (Lipinski definition) is 13. The van der Waals surface area contributed by atoms with Crippen molar-refractivity contribution in [3.8, 4) is 0 Å². The van der Waals surface area contributed by atoms with E-state index in [4.69, 9.17) is 23.3 Å². The van der Waals surface area contributed by atoms with Crippen LogP contribution in [0.25, 0.3) is 0 Å². The number of phosphoric ester groups is 1. The minimum absolute atomic E-state index is 0.0109. The van der Waals surface area contributed by atoms with Gasteiger partial charge in [0.25, 0.3) is 0 Å². The maximum atomic E-state index is 12.8. The highest BCUT2D eigenvalue weighted by molar-refractivity contribution is 7.47. The van der Waals surface area contributed by atoms with E-state index in [0.717, 1.165) is 57.8 Å². The fourth-order valence-electron chi connectivity index (χ4n) is 7.43. The van der Waals surface area contributed by atoms with Crippen LogP contribution >= 0.6 is 7.82 Å². The molecule has 0 radical (unpaired) electrons. The lowest BCUT2D eigenvalue weighted by Gasteiger charge is -2.41. The Balaban J connectivity index is 1.72. The van der Waals surface area contributed by atoms with Crippen molar-refractivity contribution in [2.45, 2.75) is 236 Å². The highest BCUT2D eigenvalue weighted by Crippen LogP contribution is 2.47. The van der Waals surface area contributed by atoms with E-state index < -0.39 is 75.7 Å². The number of epoxide rings is 1. The molecule has 0 bridgehead atoms. The van der Waals surface area contributed by atoms with Crippen molar-refractivity contribution < 1.29 is 67.8 Å². The zero-order valence-electron chi connectivity index (χ0n) is 39.0. The molecule has 1 saturated carbocycles. The van der Waals surface area contributed by atoms with Gasteiger partial charge in [-0.25, -0.2) is 4.57 Å². The molecule has 2 rings (SSSR count). The van der Waals surface area contributed by atoms with Crippen LogP contribution in [0.3, 0.4) is 0 Å². The van der Waals surface area contributed by atoms with E-state index in [2.05, 4.69) is 50.3 Å². The van der Waals surface area contributed by atoms with Gasteiger partial charge in [0.2, 0.25) is 0 Å². The quantitative estimate of drug-likeness (QED) is 0.0111. The van der Waals surface area contributed by atoms with Crippen molar-refractivity contribution in [2.75, 3.05) is 13.2 Å². The van der Waals surface area contributed by atoms with Crippen molar-refractivity contribution in [3.05, 3.63) is 48.6 Å². The van der Waals surface area contributed by atoms with Crippen LogP contribution in [0, 0.1) is 0 Å². The van der Waals surface area contributed by atoms with Gasteiger partial charge in [-0.15, -0.1) is 0 Å². The van der Waals surface area contributed by atoms with Crippen LogP contribution in [-0.2, 0) is 37.4 Å². The molecule has 6 N–H and O–H groups in total. The van der Waals surface area contributed by atoms with Crippen LogP contribution in [0.1, 0.15) is 181 Å². The van der Waals surface area contributed by atoms with Gasteiger partial charge >= 0.3 is 19.8 Å². The Morgan fingerprint density at radius 3 is 1.59 bits per heavy atom. The monoisotopic (exact) mass is 929 g/mol. The van der Waals surface area contributed by atoms with Crippen molar-refractivity contribution in [1.82, 2.24) is 0 Å². The summed E-state index contributed by atoms with van der Waals surface area (Å²) in [6.07, 6.45) is 30.4. The highest BCUT2D eigenvalue weighted by atomic mass is 31.2. The average molecular weight is 929 g/mol. The van der Waals surface area contributed by atoms with Gasteiger partial charge in [-0.05, 0) is 77.0 Å². The number of aliphatic hydroxyl groups excluding tert-OH is 5. The first-order valence-electron chi connectivity index (χ1n) is 24.6. The number of hydrogen-bond donors (Lipinski definition) is 6. The Labute approximate surface area is 384 Å². The summed E-state index contributed by atoms with van der Waals surface area (Å²) in [6, 6.07) is 0. The van der Waals surface area contributed by atoms with Gasteiger partial charge in [-0.1, -0.05) is 140 Å². The van der Waals surface area contributed by atoms with E-state index >= 15 is 0 Å². The third-order valence-corrected chi connectivity index (χ3v) is 12.5. The number of ether oxygens (including phenoxy) is 3. The molecular weight excluding hydrogens is 843 g/mol. The standard InChI is InChI=1S/C49H85O14P/c1-3-5-7-9-11-13-14-15-16-17-18-19-20-22-24-26-31-35-42(50)59-37-39(38-60-64(57,58)63-49-47(55)45(53)44(52)46(54)48(49)56)61-43(51)36-32-28-27-30-34-41-40(62-41)33-29-25-23-21-12-10-8-6-4-2/h12,15-16,21,25,27,29-30,39-41,44-49,52-56H,3-11,13-14,17-20,22-24,26,28,31-38H2,1-2H3,(H,57,58)/b16-15-,21-12-,29-25-,30-27-/t39-,40?,41?,44?,45-,46+,47-,48-,49?/m1/s1. The third kappa shape index (κ3) is 27.4. The maximum Gasteiger partial charge on any atom is 0.472 e. The molecule has 1 aliphatic carbocycles. The molecule has 0 aromatic carbocycles. The summed E-state index contributed by atoms with van der Waals surface area (Å²) in [5.41, 5.74) is 0. The Bertz CT molecular complexity index is 1370. The lowest BCUT2D eigenvalue weighted by atomic mass is 9.85. The zero-order valence-corrected chi connectivity index (χ0v) is 39.9. The van der Waals surface area contributed by atoms with E-state index in [1.54, 1.807) is 0 Å². The van der Waals surface area contributed by atoms with Gasteiger partial charge in [0.05, 0.1) is 18.8 Å². The molecule has 0 aromatic heterocycles. The topological polar surface area (TPSA) is 222 Å². The van der Waals surface area contributed by atoms with Crippen LogP contribution < -0.4 is 0 Å². The largest absolute Gasteiger partial charge is 0.472 e. The molecule has 0 spiro atoms. The van der Waals surface area contributed by atoms with E-state index in [0.29, 0.717) is 19.3 Å². The van der Waals surface area contributed by atoms with Crippen molar-refractivity contribution >= 4 is 19.8 Å². The second-order valence-electron chi connectivity index (χ2n) is 17.3.